The molecule has 1 aromatic carbocycles. The van der Waals surface area contributed by atoms with E-state index >= 15 is 0 Å². The van der Waals surface area contributed by atoms with E-state index in [0.29, 0.717) is 0 Å². The van der Waals surface area contributed by atoms with Crippen LogP contribution in [0.1, 0.15) is 5.56 Å². The molecule has 1 aromatic rings. The van der Waals surface area contributed by atoms with Gasteiger partial charge in [-0.3, -0.25) is 0 Å². The average molecular weight is 132 g/mol. The number of rotatable bonds is 2. The first-order valence-electron chi connectivity index (χ1n) is 3.22. The molecule has 0 fully saturated rings. The Hall–Kier alpha value is -0.915. The summed E-state index contributed by atoms with van der Waals surface area (Å²) >= 11 is 0. The summed E-state index contributed by atoms with van der Waals surface area (Å²) in [5.74, 6) is 0.827. The van der Waals surface area contributed by atoms with Crippen LogP contribution in [0.4, 0.5) is 0 Å². The Balaban J connectivity index is 2.69. The van der Waals surface area contributed by atoms with Gasteiger partial charge in [0.2, 0.25) is 0 Å². The Kier molecular flexibility index (Phi) is 2.38. The lowest BCUT2D eigenvalue weighted by Crippen LogP contribution is -1.94. The topological polar surface area (TPSA) is 9.23 Å². The highest BCUT2D eigenvalue weighted by molar-refractivity contribution is 6.08. The first-order chi connectivity index (χ1) is 4.83. The van der Waals surface area contributed by atoms with Crippen LogP contribution in [0.2, 0.25) is 0 Å². The van der Waals surface area contributed by atoms with Crippen LogP contribution in [0.3, 0.4) is 0 Å². The van der Waals surface area contributed by atoms with Gasteiger partial charge in [0.1, 0.15) is 13.6 Å². The molecule has 0 atom stereocenters. The number of benzene rings is 1. The summed E-state index contributed by atoms with van der Waals surface area (Å²) in [5.41, 5.74) is 1.23. The molecule has 2 radical (unpaired) electrons. The van der Waals surface area contributed by atoms with Crippen molar-refractivity contribution in [3.05, 3.63) is 29.8 Å². The molecule has 0 saturated heterocycles. The first kappa shape index (κ1) is 7.20. The van der Waals surface area contributed by atoms with E-state index in [9.17, 15) is 0 Å². The highest BCUT2D eigenvalue weighted by atomic mass is 16.5. The minimum absolute atomic E-state index is 0.239. The zero-order valence-corrected chi connectivity index (χ0v) is 6.00. The normalized spacial score (nSPS) is 9.30. The Labute approximate surface area is 62.4 Å². The molecule has 0 bridgehead atoms. The van der Waals surface area contributed by atoms with Gasteiger partial charge in [-0.2, -0.15) is 0 Å². The first-order valence-corrected chi connectivity index (χ1v) is 3.22. The van der Waals surface area contributed by atoms with Crippen LogP contribution in [0, 0.1) is 6.92 Å². The molecular weight excluding hydrogens is 123 g/mol. The van der Waals surface area contributed by atoms with Crippen molar-refractivity contribution < 1.29 is 4.74 Å². The molecule has 50 valence electrons. The molecule has 0 N–H and O–H groups in total. The fourth-order valence-electron chi connectivity index (χ4n) is 0.731. The zero-order chi connectivity index (χ0) is 7.40. The minimum atomic E-state index is 0.239. The summed E-state index contributed by atoms with van der Waals surface area (Å²) in [6.45, 7) is 2.27. The van der Waals surface area contributed by atoms with Crippen LogP contribution >= 0.6 is 0 Å². The van der Waals surface area contributed by atoms with Crippen molar-refractivity contribution in [2.45, 2.75) is 6.92 Å². The van der Waals surface area contributed by atoms with E-state index in [-0.39, 0.29) is 6.51 Å². The predicted molar refractivity (Wildman–Crippen MR) is 42.4 cm³/mol. The van der Waals surface area contributed by atoms with Gasteiger partial charge < -0.3 is 4.74 Å². The van der Waals surface area contributed by atoms with Crippen LogP contribution in [0.15, 0.2) is 24.3 Å². The van der Waals surface area contributed by atoms with E-state index in [1.165, 1.54) is 5.56 Å². The standard InChI is InChI=1S/C8H9BO/c1-7-2-4-8(5-3-7)10-6-9/h2-5H,6H2,1H3. The van der Waals surface area contributed by atoms with Gasteiger partial charge in [-0.25, -0.2) is 0 Å². The second kappa shape index (κ2) is 3.30. The van der Waals surface area contributed by atoms with Crippen LogP contribution < -0.4 is 4.74 Å². The van der Waals surface area contributed by atoms with Gasteiger partial charge in [-0.15, -0.1) is 0 Å². The third-order valence-electron chi connectivity index (χ3n) is 1.27. The van der Waals surface area contributed by atoms with Gasteiger partial charge in [0, 0.05) is 6.51 Å². The second-order valence-corrected chi connectivity index (χ2v) is 2.12. The highest BCUT2D eigenvalue weighted by Crippen LogP contribution is 2.10. The van der Waals surface area contributed by atoms with Gasteiger partial charge in [-0.1, -0.05) is 17.7 Å². The highest BCUT2D eigenvalue weighted by Gasteiger charge is 1.87. The molecule has 0 aliphatic carbocycles. The smallest absolute Gasteiger partial charge is 0.122 e. The number of hydrogen-bond donors (Lipinski definition) is 0. The summed E-state index contributed by atoms with van der Waals surface area (Å²) in [4.78, 5) is 0. The summed E-state index contributed by atoms with van der Waals surface area (Å²) in [6, 6.07) is 7.79. The fourth-order valence-corrected chi connectivity index (χ4v) is 0.731. The molecule has 0 spiro atoms. The summed E-state index contributed by atoms with van der Waals surface area (Å²) in [7, 11) is 5.18. The summed E-state index contributed by atoms with van der Waals surface area (Å²) in [5, 5.41) is 0. The van der Waals surface area contributed by atoms with E-state index in [4.69, 9.17) is 12.6 Å². The molecule has 0 unspecified atom stereocenters. The van der Waals surface area contributed by atoms with Crippen molar-refractivity contribution in [1.29, 1.82) is 0 Å². The van der Waals surface area contributed by atoms with Gasteiger partial charge >= 0.3 is 0 Å². The van der Waals surface area contributed by atoms with Crippen LogP contribution in [-0.2, 0) is 0 Å². The van der Waals surface area contributed by atoms with Crippen LogP contribution in [0.5, 0.6) is 5.75 Å². The lowest BCUT2D eigenvalue weighted by atomic mass is 10.2. The SMILES string of the molecule is [B]COc1ccc(C)cc1. The lowest BCUT2D eigenvalue weighted by molar-refractivity contribution is 0.387. The third-order valence-corrected chi connectivity index (χ3v) is 1.27. The molecule has 10 heavy (non-hydrogen) atoms. The molecule has 0 aliphatic heterocycles. The maximum absolute atomic E-state index is 5.18. The van der Waals surface area contributed by atoms with Gasteiger partial charge in [0.25, 0.3) is 0 Å². The van der Waals surface area contributed by atoms with Gasteiger partial charge in [0.15, 0.2) is 0 Å². The summed E-state index contributed by atoms with van der Waals surface area (Å²) < 4.78 is 5.04. The molecule has 1 nitrogen and oxygen atoms in total. The Bertz CT molecular complexity index is 193. The minimum Gasteiger partial charge on any atom is -0.504 e. The third kappa shape index (κ3) is 1.80. The van der Waals surface area contributed by atoms with Gasteiger partial charge in [-0.05, 0) is 19.1 Å². The fraction of sp³-hybridized carbons (Fsp3) is 0.250. The van der Waals surface area contributed by atoms with Crippen molar-refractivity contribution in [1.82, 2.24) is 0 Å². The van der Waals surface area contributed by atoms with Gasteiger partial charge in [0.05, 0.1) is 0 Å². The Morgan fingerprint density at radius 1 is 1.30 bits per heavy atom. The van der Waals surface area contributed by atoms with E-state index in [1.54, 1.807) is 0 Å². The Morgan fingerprint density at radius 3 is 2.40 bits per heavy atom. The van der Waals surface area contributed by atoms with Crippen molar-refractivity contribution in [3.63, 3.8) is 0 Å². The van der Waals surface area contributed by atoms with E-state index < -0.39 is 0 Å². The van der Waals surface area contributed by atoms with Crippen LogP contribution in [0.25, 0.3) is 0 Å². The molecule has 0 aliphatic rings. The van der Waals surface area contributed by atoms with Crippen molar-refractivity contribution in [2.24, 2.45) is 0 Å². The van der Waals surface area contributed by atoms with E-state index in [0.717, 1.165) is 5.75 Å². The maximum Gasteiger partial charge on any atom is 0.122 e. The molecular formula is C8H9BO. The maximum atomic E-state index is 5.18. The van der Waals surface area contributed by atoms with E-state index in [1.807, 2.05) is 31.2 Å². The van der Waals surface area contributed by atoms with Crippen molar-refractivity contribution >= 4 is 7.85 Å². The van der Waals surface area contributed by atoms with Crippen molar-refractivity contribution in [3.8, 4) is 5.75 Å². The largest absolute Gasteiger partial charge is 0.504 e. The van der Waals surface area contributed by atoms with Crippen LogP contribution in [-0.4, -0.2) is 14.4 Å². The lowest BCUT2D eigenvalue weighted by Gasteiger charge is -2.01. The molecule has 2 heteroatoms. The molecule has 0 saturated carbocycles. The predicted octanol–water partition coefficient (Wildman–Crippen LogP) is 1.50. The van der Waals surface area contributed by atoms with Crippen molar-refractivity contribution in [2.75, 3.05) is 6.51 Å². The second-order valence-electron chi connectivity index (χ2n) is 2.12. The number of ether oxygens (including phenoxy) is 1. The molecule has 1 rings (SSSR count). The average Bonchev–Trinajstić information content (AvgIpc) is 1.95. The Morgan fingerprint density at radius 2 is 1.90 bits per heavy atom. The van der Waals surface area contributed by atoms with E-state index in [2.05, 4.69) is 0 Å². The molecule has 0 aromatic heterocycles. The zero-order valence-electron chi connectivity index (χ0n) is 6.00. The number of hydrogen-bond acceptors (Lipinski definition) is 1. The quantitative estimate of drug-likeness (QED) is 0.554. The molecule has 0 amide bonds. The molecule has 0 heterocycles. The summed E-state index contributed by atoms with van der Waals surface area (Å²) in [6.07, 6.45) is 0. The number of aryl methyl sites for hydroxylation is 1. The monoisotopic (exact) mass is 132 g/mol.